The van der Waals surface area contributed by atoms with E-state index in [1.165, 1.54) is 31.3 Å². The first-order valence-electron chi connectivity index (χ1n) is 6.62. The van der Waals surface area contributed by atoms with Crippen LogP contribution in [0, 0.1) is 0 Å². The number of aromatic nitrogens is 1. The van der Waals surface area contributed by atoms with Gasteiger partial charge in [0.05, 0.1) is 0 Å². The first-order chi connectivity index (χ1) is 11.3. The topological polar surface area (TPSA) is 163 Å². The highest BCUT2D eigenvalue weighted by Crippen LogP contribution is 2.29. The number of hydrogen-bond acceptors (Lipinski definition) is 5. The summed E-state index contributed by atoms with van der Waals surface area (Å²) in [7, 11) is 1.41. The van der Waals surface area contributed by atoms with E-state index in [9.17, 15) is 29.4 Å². The standard InChI is InChI=1S/C15H13N3O6/c1-17-12(19)7-4-2-3-6(5-7)8-9(14(21)22)11(16)18-13(20)10(8)15(23)24/h2-5H,1H3,(H,17,19)(H,21,22)(H,23,24)(H3,16,18,20). The Labute approximate surface area is 134 Å². The number of benzene rings is 1. The van der Waals surface area contributed by atoms with Crippen LogP contribution >= 0.6 is 0 Å². The molecule has 124 valence electrons. The van der Waals surface area contributed by atoms with Gasteiger partial charge in [-0.05, 0) is 17.7 Å². The number of anilines is 1. The predicted molar refractivity (Wildman–Crippen MR) is 84.2 cm³/mol. The van der Waals surface area contributed by atoms with Crippen LogP contribution in [0.3, 0.4) is 0 Å². The molecule has 0 saturated carbocycles. The van der Waals surface area contributed by atoms with Gasteiger partial charge in [-0.2, -0.15) is 0 Å². The van der Waals surface area contributed by atoms with E-state index in [4.69, 9.17) is 5.73 Å². The fourth-order valence-corrected chi connectivity index (χ4v) is 2.30. The largest absolute Gasteiger partial charge is 0.478 e. The quantitative estimate of drug-likeness (QED) is 0.540. The molecule has 9 nitrogen and oxygen atoms in total. The van der Waals surface area contributed by atoms with Gasteiger partial charge < -0.3 is 26.2 Å². The maximum atomic E-state index is 11.9. The summed E-state index contributed by atoms with van der Waals surface area (Å²) in [5.74, 6) is -4.05. The van der Waals surface area contributed by atoms with Gasteiger partial charge in [0.25, 0.3) is 11.5 Å². The number of aromatic amines is 1. The highest BCUT2D eigenvalue weighted by Gasteiger charge is 2.26. The molecule has 1 aromatic carbocycles. The van der Waals surface area contributed by atoms with E-state index in [0.29, 0.717) is 0 Å². The molecule has 9 heteroatoms. The van der Waals surface area contributed by atoms with Crippen LogP contribution in [-0.4, -0.2) is 40.1 Å². The van der Waals surface area contributed by atoms with Crippen molar-refractivity contribution in [2.45, 2.75) is 0 Å². The number of H-pyrrole nitrogens is 1. The van der Waals surface area contributed by atoms with Gasteiger partial charge in [-0.3, -0.25) is 9.59 Å². The number of nitrogens with two attached hydrogens (primary N) is 1. The third-order valence-corrected chi connectivity index (χ3v) is 3.31. The number of carboxylic acids is 2. The van der Waals surface area contributed by atoms with Crippen LogP contribution in [0.2, 0.25) is 0 Å². The third kappa shape index (κ3) is 2.82. The van der Waals surface area contributed by atoms with Crippen molar-refractivity contribution in [3.8, 4) is 11.1 Å². The van der Waals surface area contributed by atoms with Gasteiger partial charge in [0.2, 0.25) is 0 Å². The first-order valence-corrected chi connectivity index (χ1v) is 6.62. The number of carbonyl (C=O) groups is 3. The zero-order valence-electron chi connectivity index (χ0n) is 12.4. The van der Waals surface area contributed by atoms with Crippen molar-refractivity contribution in [3.05, 3.63) is 51.3 Å². The Morgan fingerprint density at radius 2 is 1.75 bits per heavy atom. The van der Waals surface area contributed by atoms with Gasteiger partial charge in [0.1, 0.15) is 16.9 Å². The minimum absolute atomic E-state index is 0.0729. The average molecular weight is 331 g/mol. The summed E-state index contributed by atoms with van der Waals surface area (Å²) >= 11 is 0. The van der Waals surface area contributed by atoms with E-state index in [0.717, 1.165) is 0 Å². The highest BCUT2D eigenvalue weighted by molar-refractivity contribution is 6.08. The van der Waals surface area contributed by atoms with Crippen molar-refractivity contribution < 1.29 is 24.6 Å². The second-order valence-electron chi connectivity index (χ2n) is 4.76. The Bertz CT molecular complexity index is 916. The lowest BCUT2D eigenvalue weighted by molar-refractivity contribution is 0.0695. The summed E-state index contributed by atoms with van der Waals surface area (Å²) in [6.07, 6.45) is 0. The van der Waals surface area contributed by atoms with E-state index in [1.807, 2.05) is 4.98 Å². The molecule has 0 atom stereocenters. The normalized spacial score (nSPS) is 10.2. The fraction of sp³-hybridized carbons (Fsp3) is 0.0667. The summed E-state index contributed by atoms with van der Waals surface area (Å²) in [5, 5.41) is 21.0. The van der Waals surface area contributed by atoms with E-state index in [-0.39, 0.29) is 16.7 Å². The summed E-state index contributed by atoms with van der Waals surface area (Å²) in [5.41, 5.74) is 3.07. The molecule has 0 radical (unpaired) electrons. The minimum Gasteiger partial charge on any atom is -0.478 e. The molecule has 0 aliphatic carbocycles. The number of pyridine rings is 1. The molecule has 1 heterocycles. The van der Waals surface area contributed by atoms with Gasteiger partial charge in [-0.25, -0.2) is 9.59 Å². The summed E-state index contributed by atoms with van der Waals surface area (Å²) < 4.78 is 0. The summed E-state index contributed by atoms with van der Waals surface area (Å²) in [6.45, 7) is 0. The molecule has 2 rings (SSSR count). The lowest BCUT2D eigenvalue weighted by Gasteiger charge is -2.12. The van der Waals surface area contributed by atoms with Crippen molar-refractivity contribution in [1.82, 2.24) is 10.3 Å². The molecule has 6 N–H and O–H groups in total. The molecule has 1 aromatic heterocycles. The smallest absolute Gasteiger partial charge is 0.342 e. The van der Waals surface area contributed by atoms with Gasteiger partial charge in [0, 0.05) is 18.2 Å². The van der Waals surface area contributed by atoms with Gasteiger partial charge >= 0.3 is 11.9 Å². The summed E-state index contributed by atoms with van der Waals surface area (Å²) in [6, 6.07) is 5.57. The first kappa shape index (κ1) is 16.7. The zero-order chi connectivity index (χ0) is 18.0. The number of hydrogen-bond donors (Lipinski definition) is 5. The second-order valence-corrected chi connectivity index (χ2v) is 4.76. The number of carboxylic acid groups (broad SMARTS) is 2. The number of aromatic carboxylic acids is 2. The van der Waals surface area contributed by atoms with Gasteiger partial charge in [-0.1, -0.05) is 12.1 Å². The maximum absolute atomic E-state index is 11.9. The van der Waals surface area contributed by atoms with Crippen LogP contribution in [0.15, 0.2) is 29.1 Å². The van der Waals surface area contributed by atoms with E-state index in [1.54, 1.807) is 0 Å². The second kappa shape index (κ2) is 6.24. The van der Waals surface area contributed by atoms with Crippen molar-refractivity contribution >= 4 is 23.7 Å². The van der Waals surface area contributed by atoms with Gasteiger partial charge in [0.15, 0.2) is 0 Å². The Morgan fingerprint density at radius 1 is 1.12 bits per heavy atom. The molecular weight excluding hydrogens is 318 g/mol. The minimum atomic E-state index is -1.61. The van der Waals surface area contributed by atoms with Gasteiger partial charge in [-0.15, -0.1) is 0 Å². The Kier molecular flexibility index (Phi) is 4.36. The van der Waals surface area contributed by atoms with E-state index >= 15 is 0 Å². The van der Waals surface area contributed by atoms with Crippen LogP contribution in [0.25, 0.3) is 11.1 Å². The molecule has 0 saturated heterocycles. The number of nitrogen functional groups attached to an aromatic ring is 1. The monoisotopic (exact) mass is 331 g/mol. The Morgan fingerprint density at radius 3 is 2.29 bits per heavy atom. The van der Waals surface area contributed by atoms with Crippen LogP contribution in [0.5, 0.6) is 0 Å². The number of carbonyl (C=O) groups excluding carboxylic acids is 1. The number of nitrogens with one attached hydrogen (secondary N) is 2. The summed E-state index contributed by atoms with van der Waals surface area (Å²) in [4.78, 5) is 48.6. The molecule has 2 aromatic rings. The van der Waals surface area contributed by atoms with Crippen molar-refractivity contribution in [2.24, 2.45) is 0 Å². The van der Waals surface area contributed by atoms with Crippen LogP contribution in [0.4, 0.5) is 5.82 Å². The average Bonchev–Trinajstić information content (AvgIpc) is 2.52. The Balaban J connectivity index is 2.91. The van der Waals surface area contributed by atoms with Crippen molar-refractivity contribution in [2.75, 3.05) is 12.8 Å². The molecule has 1 amide bonds. The maximum Gasteiger partial charge on any atom is 0.342 e. The Hall–Kier alpha value is -3.62. The predicted octanol–water partition coefficient (Wildman–Crippen LogP) is 0.380. The molecule has 24 heavy (non-hydrogen) atoms. The fourth-order valence-electron chi connectivity index (χ4n) is 2.30. The highest BCUT2D eigenvalue weighted by atomic mass is 16.4. The SMILES string of the molecule is CNC(=O)c1cccc(-c2c(C(=O)O)c(N)[nH]c(=O)c2C(=O)O)c1. The lowest BCUT2D eigenvalue weighted by Crippen LogP contribution is -2.24. The lowest BCUT2D eigenvalue weighted by atomic mass is 9.94. The van der Waals surface area contributed by atoms with Crippen LogP contribution in [0.1, 0.15) is 31.1 Å². The van der Waals surface area contributed by atoms with E-state index in [2.05, 4.69) is 5.32 Å². The molecule has 0 fully saturated rings. The molecule has 0 spiro atoms. The van der Waals surface area contributed by atoms with E-state index < -0.39 is 40.3 Å². The van der Waals surface area contributed by atoms with Crippen LogP contribution in [-0.2, 0) is 0 Å². The molecule has 0 bridgehead atoms. The molecule has 0 aliphatic heterocycles. The molecule has 0 unspecified atom stereocenters. The zero-order valence-corrected chi connectivity index (χ0v) is 12.4. The van der Waals surface area contributed by atoms with Crippen LogP contribution < -0.4 is 16.6 Å². The van der Waals surface area contributed by atoms with Crippen molar-refractivity contribution in [1.29, 1.82) is 0 Å². The number of rotatable bonds is 4. The molecule has 0 aliphatic rings. The van der Waals surface area contributed by atoms with Crippen molar-refractivity contribution in [3.63, 3.8) is 0 Å². The number of amides is 1. The molecular formula is C15H13N3O6. The third-order valence-electron chi connectivity index (χ3n) is 3.31.